The monoisotopic (exact) mass is 459 g/mol. The summed E-state index contributed by atoms with van der Waals surface area (Å²) in [5, 5.41) is 4.74. The van der Waals surface area contributed by atoms with E-state index in [0.29, 0.717) is 19.1 Å². The topological polar surface area (TPSA) is 166 Å². The van der Waals surface area contributed by atoms with Gasteiger partial charge >= 0.3 is 0 Å². The zero-order chi connectivity index (χ0) is 25.0. The normalized spacial score (nSPS) is 15.1. The molecule has 0 aliphatic heterocycles. The van der Waals surface area contributed by atoms with Crippen LogP contribution in [0.3, 0.4) is 0 Å². The first-order chi connectivity index (χ1) is 14.8. The van der Waals surface area contributed by atoms with E-state index < -0.39 is 54.4 Å². The lowest BCUT2D eigenvalue weighted by molar-refractivity contribution is -0.143. The van der Waals surface area contributed by atoms with Gasteiger partial charge in [-0.2, -0.15) is 0 Å². The van der Waals surface area contributed by atoms with E-state index in [1.165, 1.54) is 7.05 Å². The minimum Gasteiger partial charge on any atom is -0.380 e. The van der Waals surface area contributed by atoms with Gasteiger partial charge in [0.05, 0.1) is 25.2 Å². The molecule has 0 aromatic heterocycles. The lowest BCUT2D eigenvalue weighted by atomic mass is 10.1. The summed E-state index contributed by atoms with van der Waals surface area (Å²) in [6.45, 7) is 11.9. The molecule has 0 saturated carbocycles. The molecule has 0 aromatic carbocycles. The molecule has 0 rings (SSSR count). The number of nitrogens with one attached hydrogen (secondary N) is 2. The van der Waals surface area contributed by atoms with Crippen molar-refractivity contribution >= 4 is 23.6 Å². The predicted octanol–water partition coefficient (Wildman–Crippen LogP) is -0.814. The van der Waals surface area contributed by atoms with Crippen molar-refractivity contribution < 1.29 is 28.7 Å². The van der Waals surface area contributed by atoms with Crippen LogP contribution in [0.25, 0.3) is 0 Å². The average Bonchev–Trinajstić information content (AvgIpc) is 2.69. The van der Waals surface area contributed by atoms with Crippen LogP contribution in [0.15, 0.2) is 0 Å². The highest BCUT2D eigenvalue weighted by Crippen LogP contribution is 2.09. The molecule has 11 heteroatoms. The molecule has 0 radical (unpaired) electrons. The van der Waals surface area contributed by atoms with Gasteiger partial charge in [0.15, 0.2) is 6.17 Å². The second-order valence-corrected chi connectivity index (χ2v) is 8.82. The van der Waals surface area contributed by atoms with Crippen LogP contribution in [0.5, 0.6) is 0 Å². The number of ether oxygens (including phenoxy) is 2. The van der Waals surface area contributed by atoms with E-state index in [0.717, 1.165) is 4.90 Å². The fraction of sp³-hybridized carbons (Fsp3) is 0.810. The van der Waals surface area contributed by atoms with Crippen molar-refractivity contribution in [2.75, 3.05) is 33.4 Å². The summed E-state index contributed by atoms with van der Waals surface area (Å²) in [6.07, 6.45) is -1.96. The first-order valence-electron chi connectivity index (χ1n) is 10.9. The molecule has 6 N–H and O–H groups in total. The zero-order valence-electron chi connectivity index (χ0n) is 20.3. The molecule has 4 atom stereocenters. The standard InChI is InChI=1S/C21H41N5O6/c1-12(2)9-31-11-14(5)20(29)25-18(22)21(30)24-8-16(27)26(7)17(19(23)28)15(6)32-10-13(3)4/h12-15,17-18H,8-11,22H2,1-7H3,(H2,23,28)(H,24,30)(H,25,29)/t14-,15?,17+,18+/m1/s1. The van der Waals surface area contributed by atoms with Crippen molar-refractivity contribution in [1.29, 1.82) is 0 Å². The third-order valence-electron chi connectivity index (χ3n) is 4.50. The summed E-state index contributed by atoms with van der Waals surface area (Å²) in [5.74, 6) is -2.37. The Hall–Kier alpha value is -2.24. The van der Waals surface area contributed by atoms with Gasteiger partial charge < -0.3 is 36.5 Å². The third-order valence-corrected chi connectivity index (χ3v) is 4.50. The largest absolute Gasteiger partial charge is 0.380 e. The summed E-state index contributed by atoms with van der Waals surface area (Å²) in [6, 6.07) is -1.00. The van der Waals surface area contributed by atoms with Crippen molar-refractivity contribution in [3.63, 3.8) is 0 Å². The van der Waals surface area contributed by atoms with Crippen LogP contribution in [0, 0.1) is 17.8 Å². The average molecular weight is 460 g/mol. The lowest BCUT2D eigenvalue weighted by Gasteiger charge is -2.31. The Bertz CT molecular complexity index is 628. The van der Waals surface area contributed by atoms with E-state index in [4.69, 9.17) is 20.9 Å². The summed E-state index contributed by atoms with van der Waals surface area (Å²) in [5.41, 5.74) is 11.2. The van der Waals surface area contributed by atoms with E-state index in [2.05, 4.69) is 10.6 Å². The smallest absolute Gasteiger partial charge is 0.257 e. The summed E-state index contributed by atoms with van der Waals surface area (Å²) in [4.78, 5) is 49.8. The summed E-state index contributed by atoms with van der Waals surface area (Å²) < 4.78 is 11.0. The highest BCUT2D eigenvalue weighted by Gasteiger charge is 2.31. The first kappa shape index (κ1) is 29.8. The van der Waals surface area contributed by atoms with Crippen molar-refractivity contribution in [3.05, 3.63) is 0 Å². The molecular weight excluding hydrogens is 418 g/mol. The number of hydrogen-bond acceptors (Lipinski definition) is 7. The Kier molecular flexibility index (Phi) is 13.7. The van der Waals surface area contributed by atoms with Crippen LogP contribution < -0.4 is 22.1 Å². The van der Waals surface area contributed by atoms with Crippen LogP contribution in [0.2, 0.25) is 0 Å². The van der Waals surface area contributed by atoms with Crippen molar-refractivity contribution in [3.8, 4) is 0 Å². The van der Waals surface area contributed by atoms with Crippen LogP contribution in [-0.2, 0) is 28.7 Å². The fourth-order valence-electron chi connectivity index (χ4n) is 2.64. The number of amides is 4. The maximum Gasteiger partial charge on any atom is 0.257 e. The second kappa shape index (κ2) is 14.8. The number of likely N-dealkylation sites (N-methyl/N-ethyl adjacent to an activating group) is 1. The van der Waals surface area contributed by atoms with E-state index in [9.17, 15) is 19.2 Å². The fourth-order valence-corrected chi connectivity index (χ4v) is 2.64. The van der Waals surface area contributed by atoms with Crippen LogP contribution in [0.4, 0.5) is 0 Å². The van der Waals surface area contributed by atoms with E-state index >= 15 is 0 Å². The molecule has 0 spiro atoms. The molecule has 0 aromatic rings. The van der Waals surface area contributed by atoms with Crippen molar-refractivity contribution in [1.82, 2.24) is 15.5 Å². The molecule has 0 bridgehead atoms. The molecule has 4 amide bonds. The number of primary amides is 1. The number of nitrogens with zero attached hydrogens (tertiary/aromatic N) is 1. The van der Waals surface area contributed by atoms with Gasteiger partial charge in [0.1, 0.15) is 6.04 Å². The Morgan fingerprint density at radius 3 is 1.97 bits per heavy atom. The minimum atomic E-state index is -1.34. The summed E-state index contributed by atoms with van der Waals surface area (Å²) in [7, 11) is 1.40. The van der Waals surface area contributed by atoms with Gasteiger partial charge in [0.25, 0.3) is 5.91 Å². The Labute approximate surface area is 190 Å². The van der Waals surface area contributed by atoms with Gasteiger partial charge in [-0.3, -0.25) is 19.2 Å². The number of nitrogens with two attached hydrogens (primary N) is 2. The number of carbonyl (C=O) groups is 4. The van der Waals surface area contributed by atoms with Gasteiger partial charge in [0.2, 0.25) is 17.7 Å². The Morgan fingerprint density at radius 1 is 0.906 bits per heavy atom. The van der Waals surface area contributed by atoms with Crippen molar-refractivity contribution in [2.24, 2.45) is 29.2 Å². The number of hydrogen-bond donors (Lipinski definition) is 4. The lowest BCUT2D eigenvalue weighted by Crippen LogP contribution is -2.57. The van der Waals surface area contributed by atoms with E-state index in [1.54, 1.807) is 13.8 Å². The van der Waals surface area contributed by atoms with Crippen LogP contribution in [0.1, 0.15) is 41.5 Å². The molecule has 1 unspecified atom stereocenters. The molecule has 186 valence electrons. The minimum absolute atomic E-state index is 0.202. The third kappa shape index (κ3) is 11.4. The highest BCUT2D eigenvalue weighted by atomic mass is 16.5. The molecule has 0 aliphatic rings. The highest BCUT2D eigenvalue weighted by molar-refractivity contribution is 5.92. The molecule has 0 saturated heterocycles. The van der Waals surface area contributed by atoms with E-state index in [-0.39, 0.29) is 12.5 Å². The first-order valence-corrected chi connectivity index (χ1v) is 10.9. The van der Waals surface area contributed by atoms with Gasteiger partial charge in [0, 0.05) is 20.3 Å². The molecule has 0 aliphatic carbocycles. The van der Waals surface area contributed by atoms with Crippen LogP contribution in [-0.4, -0.2) is 80.3 Å². The van der Waals surface area contributed by atoms with Gasteiger partial charge in [-0.25, -0.2) is 0 Å². The van der Waals surface area contributed by atoms with Gasteiger partial charge in [-0.05, 0) is 18.8 Å². The number of carbonyl (C=O) groups excluding carboxylic acids is 4. The van der Waals surface area contributed by atoms with Gasteiger partial charge in [-0.1, -0.05) is 34.6 Å². The zero-order valence-corrected chi connectivity index (χ0v) is 20.3. The quantitative estimate of drug-likeness (QED) is 0.232. The van der Waals surface area contributed by atoms with E-state index in [1.807, 2.05) is 27.7 Å². The molecule has 0 fully saturated rings. The Morgan fingerprint density at radius 2 is 1.47 bits per heavy atom. The maximum absolute atomic E-state index is 12.5. The second-order valence-electron chi connectivity index (χ2n) is 8.82. The molecule has 32 heavy (non-hydrogen) atoms. The Balaban J connectivity index is 4.66. The summed E-state index contributed by atoms with van der Waals surface area (Å²) >= 11 is 0. The molecule has 0 heterocycles. The molecular formula is C21H41N5O6. The number of rotatable bonds is 15. The van der Waals surface area contributed by atoms with Crippen LogP contribution >= 0.6 is 0 Å². The SMILES string of the molecule is CC(C)COC[C@@H](C)C(=O)N[C@H](N)C(=O)NCC(=O)N(C)[C@H](C(N)=O)C(C)OCC(C)C. The maximum atomic E-state index is 12.5. The van der Waals surface area contributed by atoms with Gasteiger partial charge in [-0.15, -0.1) is 0 Å². The van der Waals surface area contributed by atoms with Crippen molar-refractivity contribution in [2.45, 2.75) is 59.9 Å². The predicted molar refractivity (Wildman–Crippen MR) is 120 cm³/mol. The molecule has 11 nitrogen and oxygen atoms in total.